The van der Waals surface area contributed by atoms with Gasteiger partial charge in [0.1, 0.15) is 5.75 Å². The summed E-state index contributed by atoms with van der Waals surface area (Å²) < 4.78 is 5.68. The molecule has 0 bridgehead atoms. The molecule has 0 saturated carbocycles. The van der Waals surface area contributed by atoms with E-state index in [9.17, 15) is 4.79 Å². The Labute approximate surface area is 169 Å². The highest BCUT2D eigenvalue weighted by Gasteiger charge is 2.51. The standard InChI is InChI=1S/C23H22N2O2S/c1-28-23(22(26)27-19-15-9-4-10-16-19)24-20(17-11-5-2-6-12-17)21(25-23)18-13-7-3-8-14-18/h2-16,20-21,24-25H,1H3. The second-order valence-corrected chi connectivity index (χ2v) is 7.67. The molecule has 0 spiro atoms. The van der Waals surface area contributed by atoms with E-state index in [4.69, 9.17) is 4.74 Å². The molecule has 1 saturated heterocycles. The molecular formula is C23H22N2O2S. The summed E-state index contributed by atoms with van der Waals surface area (Å²) in [6, 6.07) is 29.4. The molecule has 1 fully saturated rings. The first-order valence-corrected chi connectivity index (χ1v) is 10.4. The minimum Gasteiger partial charge on any atom is -0.424 e. The zero-order valence-electron chi connectivity index (χ0n) is 15.5. The van der Waals surface area contributed by atoms with Crippen LogP contribution in [0.3, 0.4) is 0 Å². The Bertz CT molecular complexity index is 872. The lowest BCUT2D eigenvalue weighted by molar-refractivity contribution is -0.138. The van der Waals surface area contributed by atoms with E-state index in [1.807, 2.05) is 60.9 Å². The molecule has 0 radical (unpaired) electrons. The number of ether oxygens (including phenoxy) is 1. The molecule has 0 aromatic heterocycles. The molecule has 3 aromatic rings. The number of rotatable bonds is 5. The molecule has 2 N–H and O–H groups in total. The fourth-order valence-electron chi connectivity index (χ4n) is 3.51. The maximum absolute atomic E-state index is 13.2. The second-order valence-electron chi connectivity index (χ2n) is 6.65. The van der Waals surface area contributed by atoms with Crippen LogP contribution in [0.5, 0.6) is 5.75 Å². The predicted octanol–water partition coefficient (Wildman–Crippen LogP) is 4.28. The van der Waals surface area contributed by atoms with Crippen LogP contribution >= 0.6 is 11.8 Å². The van der Waals surface area contributed by atoms with Crippen molar-refractivity contribution >= 4 is 17.7 Å². The van der Waals surface area contributed by atoms with Crippen molar-refractivity contribution in [1.29, 1.82) is 0 Å². The lowest BCUT2D eigenvalue weighted by Crippen LogP contribution is -2.55. The van der Waals surface area contributed by atoms with Gasteiger partial charge in [-0.05, 0) is 29.5 Å². The first-order chi connectivity index (χ1) is 13.7. The highest BCUT2D eigenvalue weighted by molar-refractivity contribution is 8.00. The van der Waals surface area contributed by atoms with Crippen LogP contribution in [0.4, 0.5) is 0 Å². The maximum atomic E-state index is 13.2. The third-order valence-electron chi connectivity index (χ3n) is 4.92. The molecule has 3 aromatic carbocycles. The lowest BCUT2D eigenvalue weighted by Gasteiger charge is -2.26. The van der Waals surface area contributed by atoms with Crippen LogP contribution in [0, 0.1) is 0 Å². The summed E-state index contributed by atoms with van der Waals surface area (Å²) in [6.07, 6.45) is 1.90. The van der Waals surface area contributed by atoms with Gasteiger partial charge >= 0.3 is 5.97 Å². The highest BCUT2D eigenvalue weighted by atomic mass is 32.2. The monoisotopic (exact) mass is 390 g/mol. The molecule has 142 valence electrons. The summed E-state index contributed by atoms with van der Waals surface area (Å²) in [6.45, 7) is 0. The molecular weight excluding hydrogens is 368 g/mol. The van der Waals surface area contributed by atoms with Crippen molar-refractivity contribution in [2.75, 3.05) is 6.26 Å². The second kappa shape index (κ2) is 8.19. The number of nitrogens with one attached hydrogen (secondary N) is 2. The van der Waals surface area contributed by atoms with Crippen LogP contribution in [0.15, 0.2) is 91.0 Å². The Morgan fingerprint density at radius 1 is 0.786 bits per heavy atom. The van der Waals surface area contributed by atoms with Crippen LogP contribution in [-0.2, 0) is 4.79 Å². The van der Waals surface area contributed by atoms with E-state index in [-0.39, 0.29) is 18.1 Å². The number of hydrogen-bond acceptors (Lipinski definition) is 5. The van der Waals surface area contributed by atoms with E-state index >= 15 is 0 Å². The molecule has 2 atom stereocenters. The molecule has 4 rings (SSSR count). The fourth-order valence-corrected chi connectivity index (χ4v) is 4.20. The smallest absolute Gasteiger partial charge is 0.357 e. The van der Waals surface area contributed by atoms with Crippen molar-refractivity contribution in [2.45, 2.75) is 17.1 Å². The van der Waals surface area contributed by atoms with Gasteiger partial charge in [0.05, 0.1) is 12.1 Å². The van der Waals surface area contributed by atoms with Crippen molar-refractivity contribution in [2.24, 2.45) is 0 Å². The van der Waals surface area contributed by atoms with E-state index < -0.39 is 4.99 Å². The molecule has 5 heteroatoms. The van der Waals surface area contributed by atoms with Crippen molar-refractivity contribution in [3.05, 3.63) is 102 Å². The molecule has 0 aliphatic carbocycles. The Kier molecular flexibility index (Phi) is 5.48. The molecule has 1 aliphatic rings. The third-order valence-corrected chi connectivity index (χ3v) is 5.93. The largest absolute Gasteiger partial charge is 0.424 e. The van der Waals surface area contributed by atoms with Gasteiger partial charge in [0.25, 0.3) is 0 Å². The van der Waals surface area contributed by atoms with Gasteiger partial charge in [-0.15, -0.1) is 11.8 Å². The number of carbonyl (C=O) groups excluding carboxylic acids is 1. The van der Waals surface area contributed by atoms with E-state index in [0.717, 1.165) is 11.1 Å². The Hall–Kier alpha value is -2.60. The summed E-state index contributed by atoms with van der Waals surface area (Å²) in [5.74, 6) is 0.175. The maximum Gasteiger partial charge on any atom is 0.357 e. The first kappa shape index (κ1) is 18.7. The van der Waals surface area contributed by atoms with Crippen molar-refractivity contribution in [3.63, 3.8) is 0 Å². The number of para-hydroxylation sites is 1. The van der Waals surface area contributed by atoms with Crippen LogP contribution in [-0.4, -0.2) is 17.2 Å². The summed E-state index contributed by atoms with van der Waals surface area (Å²) in [5.41, 5.74) is 2.24. The van der Waals surface area contributed by atoms with Gasteiger partial charge in [0, 0.05) is 0 Å². The van der Waals surface area contributed by atoms with Gasteiger partial charge in [0.15, 0.2) is 0 Å². The van der Waals surface area contributed by atoms with Crippen LogP contribution in [0.1, 0.15) is 23.2 Å². The lowest BCUT2D eigenvalue weighted by atomic mass is 9.95. The molecule has 4 nitrogen and oxygen atoms in total. The fraction of sp³-hybridized carbons (Fsp3) is 0.174. The average molecular weight is 391 g/mol. The summed E-state index contributed by atoms with van der Waals surface area (Å²) >= 11 is 1.41. The minimum absolute atomic E-state index is 0.0700. The third kappa shape index (κ3) is 3.69. The van der Waals surface area contributed by atoms with Gasteiger partial charge in [-0.25, -0.2) is 4.79 Å². The van der Waals surface area contributed by atoms with Gasteiger partial charge in [-0.1, -0.05) is 78.9 Å². The normalized spacial score (nSPS) is 24.0. The number of carbonyl (C=O) groups is 1. The molecule has 2 unspecified atom stereocenters. The van der Waals surface area contributed by atoms with Crippen molar-refractivity contribution in [1.82, 2.24) is 10.6 Å². The molecule has 1 aliphatic heterocycles. The first-order valence-electron chi connectivity index (χ1n) is 9.19. The molecule has 28 heavy (non-hydrogen) atoms. The van der Waals surface area contributed by atoms with E-state index in [1.165, 1.54) is 11.8 Å². The molecule has 0 amide bonds. The van der Waals surface area contributed by atoms with E-state index in [2.05, 4.69) is 34.9 Å². The van der Waals surface area contributed by atoms with Crippen LogP contribution in [0.25, 0.3) is 0 Å². The summed E-state index contributed by atoms with van der Waals surface area (Å²) in [4.78, 5) is 12.1. The minimum atomic E-state index is -1.04. The van der Waals surface area contributed by atoms with E-state index in [1.54, 1.807) is 12.1 Å². The van der Waals surface area contributed by atoms with Crippen LogP contribution < -0.4 is 15.4 Å². The van der Waals surface area contributed by atoms with Crippen molar-refractivity contribution in [3.8, 4) is 5.75 Å². The number of esters is 1. The predicted molar refractivity (Wildman–Crippen MR) is 113 cm³/mol. The van der Waals surface area contributed by atoms with Gasteiger partial charge in [-0.2, -0.15) is 0 Å². The zero-order chi connectivity index (χ0) is 19.4. The van der Waals surface area contributed by atoms with Gasteiger partial charge in [-0.3, -0.25) is 10.6 Å². The number of hydrogen-bond donors (Lipinski definition) is 2. The molecule has 1 heterocycles. The SMILES string of the molecule is CSC1(C(=O)Oc2ccccc2)NC(c2ccccc2)C(c2ccccc2)N1. The highest BCUT2D eigenvalue weighted by Crippen LogP contribution is 2.41. The van der Waals surface area contributed by atoms with Crippen molar-refractivity contribution < 1.29 is 9.53 Å². The Morgan fingerprint density at radius 3 is 1.64 bits per heavy atom. The van der Waals surface area contributed by atoms with E-state index in [0.29, 0.717) is 5.75 Å². The summed E-state index contributed by atoms with van der Waals surface area (Å²) in [5, 5.41) is 7.03. The van der Waals surface area contributed by atoms with Gasteiger partial charge in [0.2, 0.25) is 4.99 Å². The topological polar surface area (TPSA) is 50.4 Å². The quantitative estimate of drug-likeness (QED) is 0.503. The number of benzene rings is 3. The van der Waals surface area contributed by atoms with Crippen LogP contribution in [0.2, 0.25) is 0 Å². The Morgan fingerprint density at radius 2 is 1.21 bits per heavy atom. The zero-order valence-corrected chi connectivity index (χ0v) is 16.4. The average Bonchev–Trinajstić information content (AvgIpc) is 3.17. The Balaban J connectivity index is 1.68. The van der Waals surface area contributed by atoms with Gasteiger partial charge < -0.3 is 4.74 Å². The summed E-state index contributed by atoms with van der Waals surface area (Å²) in [7, 11) is 0. The number of thioether (sulfide) groups is 1.